The van der Waals surface area contributed by atoms with Gasteiger partial charge in [0.25, 0.3) is 0 Å². The zero-order valence-corrected chi connectivity index (χ0v) is 11.6. The Morgan fingerprint density at radius 2 is 2.21 bits per heavy atom. The highest BCUT2D eigenvalue weighted by molar-refractivity contribution is 7.99. The van der Waals surface area contributed by atoms with E-state index < -0.39 is 0 Å². The lowest BCUT2D eigenvalue weighted by Gasteiger charge is -2.10. The van der Waals surface area contributed by atoms with Crippen LogP contribution in [0.5, 0.6) is 0 Å². The summed E-state index contributed by atoms with van der Waals surface area (Å²) < 4.78 is 1.64. The molecule has 0 spiro atoms. The molecule has 0 aromatic carbocycles. The molecule has 0 aliphatic rings. The zero-order chi connectivity index (χ0) is 14.0. The minimum Gasteiger partial charge on any atom is -0.409 e. The molecule has 7 nitrogen and oxygen atoms in total. The molecule has 2 heterocycles. The van der Waals surface area contributed by atoms with Crippen LogP contribution in [0.3, 0.4) is 0 Å². The van der Waals surface area contributed by atoms with Crippen LogP contribution in [0.25, 0.3) is 0 Å². The molecule has 8 heteroatoms. The van der Waals surface area contributed by atoms with Crippen LogP contribution >= 0.6 is 11.8 Å². The summed E-state index contributed by atoms with van der Waals surface area (Å²) in [5, 5.41) is 17.3. The van der Waals surface area contributed by atoms with Crippen molar-refractivity contribution in [3.05, 3.63) is 29.2 Å². The highest BCUT2D eigenvalue weighted by Gasteiger charge is 2.16. The molecule has 0 bridgehead atoms. The Morgan fingerprint density at radius 1 is 1.47 bits per heavy atom. The van der Waals surface area contributed by atoms with E-state index in [-0.39, 0.29) is 5.84 Å². The van der Waals surface area contributed by atoms with Gasteiger partial charge in [0.05, 0.1) is 5.56 Å². The van der Waals surface area contributed by atoms with E-state index in [4.69, 9.17) is 10.9 Å². The fraction of sp³-hybridized carbons (Fsp3) is 0.273. The Bertz CT molecular complexity index is 636. The maximum absolute atomic E-state index is 8.88. The van der Waals surface area contributed by atoms with Gasteiger partial charge in [-0.3, -0.25) is 0 Å². The van der Waals surface area contributed by atoms with Gasteiger partial charge in [-0.2, -0.15) is 5.10 Å². The Morgan fingerprint density at radius 3 is 2.79 bits per heavy atom. The Labute approximate surface area is 114 Å². The third kappa shape index (κ3) is 2.68. The van der Waals surface area contributed by atoms with Crippen molar-refractivity contribution in [3.8, 4) is 0 Å². The van der Waals surface area contributed by atoms with Crippen LogP contribution < -0.4 is 5.73 Å². The Balaban J connectivity index is 2.52. The molecule has 0 saturated heterocycles. The van der Waals surface area contributed by atoms with Gasteiger partial charge in [0, 0.05) is 12.7 Å². The van der Waals surface area contributed by atoms with Crippen LogP contribution in [0, 0.1) is 13.8 Å². The van der Waals surface area contributed by atoms with Crippen molar-refractivity contribution in [1.29, 1.82) is 0 Å². The largest absolute Gasteiger partial charge is 0.409 e. The number of pyridine rings is 1. The topological polar surface area (TPSA) is 102 Å². The lowest BCUT2D eigenvalue weighted by molar-refractivity contribution is 0.318. The van der Waals surface area contributed by atoms with E-state index >= 15 is 0 Å². The lowest BCUT2D eigenvalue weighted by atomic mass is 10.1. The summed E-state index contributed by atoms with van der Waals surface area (Å²) in [6, 6.07) is 1.88. The van der Waals surface area contributed by atoms with Gasteiger partial charge in [0.2, 0.25) is 0 Å². The summed E-state index contributed by atoms with van der Waals surface area (Å²) in [6.07, 6.45) is 1.47. The first-order chi connectivity index (χ1) is 9.02. The Kier molecular flexibility index (Phi) is 3.70. The number of aryl methyl sites for hydroxylation is 3. The molecule has 100 valence electrons. The van der Waals surface area contributed by atoms with E-state index in [9.17, 15) is 0 Å². The van der Waals surface area contributed by atoms with Gasteiger partial charge in [-0.1, -0.05) is 5.16 Å². The molecule has 0 aliphatic heterocycles. The van der Waals surface area contributed by atoms with E-state index in [0.717, 1.165) is 11.3 Å². The fourth-order valence-corrected chi connectivity index (χ4v) is 2.71. The summed E-state index contributed by atoms with van der Waals surface area (Å²) >= 11 is 1.33. The minimum atomic E-state index is 0.0367. The summed E-state index contributed by atoms with van der Waals surface area (Å²) in [7, 11) is 1.79. The summed E-state index contributed by atoms with van der Waals surface area (Å²) in [6.45, 7) is 3.78. The first-order valence-electron chi connectivity index (χ1n) is 5.51. The molecule has 2 aromatic heterocycles. The average Bonchev–Trinajstić information content (AvgIpc) is 2.73. The molecule has 2 rings (SSSR count). The summed E-state index contributed by atoms with van der Waals surface area (Å²) in [5.74, 6) is 0.0367. The minimum absolute atomic E-state index is 0.0367. The van der Waals surface area contributed by atoms with Crippen molar-refractivity contribution in [3.63, 3.8) is 0 Å². The average molecular weight is 278 g/mol. The fourth-order valence-electron chi connectivity index (χ4n) is 1.70. The van der Waals surface area contributed by atoms with Crippen molar-refractivity contribution in [2.24, 2.45) is 17.9 Å². The molecule has 0 atom stereocenters. The number of aromatic nitrogens is 4. The normalized spacial score (nSPS) is 11.8. The monoisotopic (exact) mass is 278 g/mol. The van der Waals surface area contributed by atoms with E-state index in [1.54, 1.807) is 11.7 Å². The lowest BCUT2D eigenvalue weighted by Crippen LogP contribution is -2.17. The number of amidine groups is 1. The molecular formula is C11H14N6OS. The van der Waals surface area contributed by atoms with Crippen molar-refractivity contribution in [1.82, 2.24) is 19.7 Å². The maximum atomic E-state index is 8.88. The summed E-state index contributed by atoms with van der Waals surface area (Å²) in [5.41, 5.74) is 8.08. The van der Waals surface area contributed by atoms with Gasteiger partial charge >= 0.3 is 0 Å². The number of hydrogen-bond acceptors (Lipinski definition) is 6. The second-order valence-electron chi connectivity index (χ2n) is 4.01. The quantitative estimate of drug-likeness (QED) is 0.377. The first kappa shape index (κ1) is 13.3. The number of nitrogens with zero attached hydrogens (tertiary/aromatic N) is 5. The van der Waals surface area contributed by atoms with E-state index in [0.29, 0.717) is 15.7 Å². The molecule has 2 aromatic rings. The molecule has 0 amide bonds. The summed E-state index contributed by atoms with van der Waals surface area (Å²) in [4.78, 5) is 8.56. The first-order valence-corrected chi connectivity index (χ1v) is 6.32. The van der Waals surface area contributed by atoms with Crippen LogP contribution in [-0.4, -0.2) is 30.8 Å². The molecule has 3 N–H and O–H groups in total. The molecular weight excluding hydrogens is 264 g/mol. The van der Waals surface area contributed by atoms with Crippen molar-refractivity contribution in [2.75, 3.05) is 0 Å². The zero-order valence-electron chi connectivity index (χ0n) is 10.8. The smallest absolute Gasteiger partial charge is 0.192 e. The van der Waals surface area contributed by atoms with Gasteiger partial charge in [-0.25, -0.2) is 14.6 Å². The second kappa shape index (κ2) is 5.27. The molecule has 0 unspecified atom stereocenters. The van der Waals surface area contributed by atoms with Gasteiger partial charge in [-0.15, -0.1) is 0 Å². The Hall–Kier alpha value is -2.09. The standard InChI is InChI=1S/C11H14N6OS/c1-6-4-7(2)15-10(8(6)9(12)16-18)19-11-13-5-14-17(11)3/h4-5,18H,1-3H3,(H2,12,16). The second-order valence-corrected chi connectivity index (χ2v) is 4.97. The van der Waals surface area contributed by atoms with E-state index in [1.807, 2.05) is 19.9 Å². The maximum Gasteiger partial charge on any atom is 0.192 e. The molecule has 19 heavy (non-hydrogen) atoms. The van der Waals surface area contributed by atoms with Crippen molar-refractivity contribution < 1.29 is 5.21 Å². The van der Waals surface area contributed by atoms with Gasteiger partial charge in [-0.05, 0) is 37.2 Å². The van der Waals surface area contributed by atoms with E-state index in [2.05, 4.69) is 20.2 Å². The SMILES string of the molecule is Cc1cc(C)c(/C(N)=N/O)c(Sc2ncnn2C)n1. The predicted octanol–water partition coefficient (Wildman–Crippen LogP) is 1.07. The number of rotatable bonds is 3. The van der Waals surface area contributed by atoms with Crippen LogP contribution in [0.2, 0.25) is 0 Å². The molecule has 0 radical (unpaired) electrons. The van der Waals surface area contributed by atoms with Crippen molar-refractivity contribution >= 4 is 17.6 Å². The molecule has 0 fully saturated rings. The van der Waals surface area contributed by atoms with Gasteiger partial charge < -0.3 is 10.9 Å². The van der Waals surface area contributed by atoms with E-state index in [1.165, 1.54) is 18.1 Å². The van der Waals surface area contributed by atoms with Crippen LogP contribution in [0.1, 0.15) is 16.8 Å². The number of oxime groups is 1. The third-order valence-electron chi connectivity index (χ3n) is 2.53. The highest BCUT2D eigenvalue weighted by atomic mass is 32.2. The van der Waals surface area contributed by atoms with Gasteiger partial charge in [0.1, 0.15) is 11.4 Å². The number of hydrogen-bond donors (Lipinski definition) is 2. The van der Waals surface area contributed by atoms with Gasteiger partial charge in [0.15, 0.2) is 11.0 Å². The number of nitrogens with two attached hydrogens (primary N) is 1. The van der Waals surface area contributed by atoms with Crippen LogP contribution in [-0.2, 0) is 7.05 Å². The third-order valence-corrected chi connectivity index (χ3v) is 3.57. The predicted molar refractivity (Wildman–Crippen MR) is 71.3 cm³/mol. The van der Waals surface area contributed by atoms with Crippen LogP contribution in [0.15, 0.2) is 27.7 Å². The molecule has 0 aliphatic carbocycles. The van der Waals surface area contributed by atoms with Crippen LogP contribution in [0.4, 0.5) is 0 Å². The molecule has 0 saturated carbocycles. The van der Waals surface area contributed by atoms with Crippen molar-refractivity contribution in [2.45, 2.75) is 24.0 Å². The highest BCUT2D eigenvalue weighted by Crippen LogP contribution is 2.29.